The van der Waals surface area contributed by atoms with E-state index >= 15 is 0 Å². The van der Waals surface area contributed by atoms with E-state index in [1.807, 2.05) is 12.1 Å². The van der Waals surface area contributed by atoms with E-state index in [0.717, 1.165) is 17.9 Å². The van der Waals surface area contributed by atoms with Gasteiger partial charge in [-0.1, -0.05) is 53.5 Å². The lowest BCUT2D eigenvalue weighted by Crippen LogP contribution is -2.30. The second kappa shape index (κ2) is 8.35. The van der Waals surface area contributed by atoms with Crippen molar-refractivity contribution in [3.8, 4) is 0 Å². The zero-order chi connectivity index (χ0) is 17.8. The first-order chi connectivity index (χ1) is 12.0. The summed E-state index contributed by atoms with van der Waals surface area (Å²) in [7, 11) is 2.18. The number of ketones is 1. The average molecular weight is 376 g/mol. The summed E-state index contributed by atoms with van der Waals surface area (Å²) in [4.78, 5) is 15.0. The molecule has 3 rings (SSSR count). The Balaban J connectivity index is 1.68. The lowest BCUT2D eigenvalue weighted by atomic mass is 9.89. The third-order valence-corrected chi connectivity index (χ3v) is 5.59. The van der Waals surface area contributed by atoms with Crippen LogP contribution in [0, 0.1) is 5.92 Å². The first kappa shape index (κ1) is 18.4. The highest BCUT2D eigenvalue weighted by atomic mass is 35.5. The summed E-state index contributed by atoms with van der Waals surface area (Å²) in [6.45, 7) is 2.35. The zero-order valence-electron chi connectivity index (χ0n) is 14.5. The van der Waals surface area contributed by atoms with Crippen molar-refractivity contribution in [2.75, 3.05) is 20.1 Å². The molecule has 0 aromatic heterocycles. The SMILES string of the molecule is CN1CCC(Cc2cccc(CC(=O)c3c(Cl)cccc3Cl)c2)CC1. The Labute approximate surface area is 159 Å². The quantitative estimate of drug-likeness (QED) is 0.660. The lowest BCUT2D eigenvalue weighted by molar-refractivity contribution is 0.0993. The van der Waals surface area contributed by atoms with Gasteiger partial charge in [0.1, 0.15) is 0 Å². The highest BCUT2D eigenvalue weighted by Crippen LogP contribution is 2.26. The number of Topliss-reactive ketones (excluding diaryl/α,β-unsaturated/α-hetero) is 1. The van der Waals surface area contributed by atoms with Crippen molar-refractivity contribution in [1.82, 2.24) is 4.90 Å². The number of piperidine rings is 1. The van der Waals surface area contributed by atoms with Crippen molar-refractivity contribution >= 4 is 29.0 Å². The summed E-state index contributed by atoms with van der Waals surface area (Å²) < 4.78 is 0. The third kappa shape index (κ3) is 4.84. The van der Waals surface area contributed by atoms with Crippen molar-refractivity contribution < 1.29 is 4.79 Å². The van der Waals surface area contributed by atoms with E-state index in [2.05, 4.69) is 24.1 Å². The second-order valence-electron chi connectivity index (χ2n) is 6.97. The van der Waals surface area contributed by atoms with Crippen LogP contribution in [-0.4, -0.2) is 30.8 Å². The maximum absolute atomic E-state index is 12.6. The predicted molar refractivity (Wildman–Crippen MR) is 105 cm³/mol. The van der Waals surface area contributed by atoms with Crippen molar-refractivity contribution in [1.29, 1.82) is 0 Å². The number of carbonyl (C=O) groups excluding carboxylic acids is 1. The molecule has 1 saturated heterocycles. The molecule has 132 valence electrons. The van der Waals surface area contributed by atoms with Crippen LogP contribution in [0.3, 0.4) is 0 Å². The second-order valence-corrected chi connectivity index (χ2v) is 7.78. The van der Waals surface area contributed by atoms with Crippen LogP contribution in [0.1, 0.15) is 34.3 Å². The zero-order valence-corrected chi connectivity index (χ0v) is 16.0. The van der Waals surface area contributed by atoms with Crippen molar-refractivity contribution in [3.63, 3.8) is 0 Å². The number of rotatable bonds is 5. The molecule has 0 amide bonds. The average Bonchev–Trinajstić information content (AvgIpc) is 2.57. The van der Waals surface area contributed by atoms with Gasteiger partial charge in [0.15, 0.2) is 5.78 Å². The minimum atomic E-state index is -0.0351. The fraction of sp³-hybridized carbons (Fsp3) is 0.381. The number of halogens is 2. The smallest absolute Gasteiger partial charge is 0.170 e. The fourth-order valence-corrected chi connectivity index (χ4v) is 4.11. The Morgan fingerprint density at radius 2 is 1.64 bits per heavy atom. The molecule has 0 spiro atoms. The summed E-state index contributed by atoms with van der Waals surface area (Å²) in [5, 5.41) is 0.833. The van der Waals surface area contributed by atoms with Gasteiger partial charge in [0.2, 0.25) is 0 Å². The molecule has 4 heteroatoms. The predicted octanol–water partition coefficient (Wildman–Crippen LogP) is 5.30. The van der Waals surface area contributed by atoms with E-state index < -0.39 is 0 Å². The van der Waals surface area contributed by atoms with Gasteiger partial charge >= 0.3 is 0 Å². The van der Waals surface area contributed by atoms with Crippen molar-refractivity contribution in [2.24, 2.45) is 5.92 Å². The molecule has 0 saturated carbocycles. The Morgan fingerprint density at radius 1 is 1.04 bits per heavy atom. The molecule has 1 fully saturated rings. The van der Waals surface area contributed by atoms with Crippen LogP contribution in [-0.2, 0) is 12.8 Å². The van der Waals surface area contributed by atoms with Crippen LogP contribution >= 0.6 is 23.2 Å². The topological polar surface area (TPSA) is 20.3 Å². The van der Waals surface area contributed by atoms with Gasteiger partial charge in [-0.15, -0.1) is 0 Å². The molecule has 2 aromatic carbocycles. The third-order valence-electron chi connectivity index (χ3n) is 4.96. The molecule has 2 nitrogen and oxygen atoms in total. The standard InChI is InChI=1S/C21H23Cl2NO/c1-24-10-8-15(9-11-24)12-16-4-2-5-17(13-16)14-20(25)21-18(22)6-3-7-19(21)23/h2-7,13,15H,8-12,14H2,1H3. The fourth-order valence-electron chi connectivity index (χ4n) is 3.50. The van der Waals surface area contributed by atoms with E-state index in [0.29, 0.717) is 22.0 Å². The van der Waals surface area contributed by atoms with E-state index in [1.165, 1.54) is 31.5 Å². The molecular formula is C21H23Cl2NO. The summed E-state index contributed by atoms with van der Waals surface area (Å²) in [5.41, 5.74) is 2.75. The number of carbonyl (C=O) groups is 1. The van der Waals surface area contributed by atoms with Gasteiger partial charge < -0.3 is 4.90 Å². The van der Waals surface area contributed by atoms with Gasteiger partial charge in [-0.2, -0.15) is 0 Å². The molecule has 1 aliphatic rings. The van der Waals surface area contributed by atoms with E-state index in [9.17, 15) is 4.79 Å². The van der Waals surface area contributed by atoms with Crippen LogP contribution in [0.25, 0.3) is 0 Å². The highest BCUT2D eigenvalue weighted by molar-refractivity contribution is 6.39. The van der Waals surface area contributed by atoms with Gasteiger partial charge in [0.25, 0.3) is 0 Å². The molecule has 0 atom stereocenters. The number of hydrogen-bond donors (Lipinski definition) is 0. The molecule has 0 bridgehead atoms. The molecule has 1 aliphatic heterocycles. The lowest BCUT2D eigenvalue weighted by Gasteiger charge is -2.29. The first-order valence-electron chi connectivity index (χ1n) is 8.76. The van der Waals surface area contributed by atoms with Crippen LogP contribution < -0.4 is 0 Å². The molecule has 0 radical (unpaired) electrons. The summed E-state index contributed by atoms with van der Waals surface area (Å²) in [6, 6.07) is 13.5. The maximum atomic E-state index is 12.6. The molecule has 1 heterocycles. The molecule has 2 aromatic rings. The number of likely N-dealkylation sites (tertiary alicyclic amines) is 1. The Hall–Kier alpha value is -1.35. The normalized spacial score (nSPS) is 16.1. The summed E-state index contributed by atoms with van der Waals surface area (Å²) in [5.74, 6) is 0.701. The van der Waals surface area contributed by atoms with Crippen molar-refractivity contribution in [2.45, 2.75) is 25.7 Å². The molecule has 0 aliphatic carbocycles. The Bertz CT molecular complexity index is 731. The van der Waals surface area contributed by atoms with Crippen LogP contribution in [0.2, 0.25) is 10.0 Å². The minimum absolute atomic E-state index is 0.0351. The molecule has 25 heavy (non-hydrogen) atoms. The molecule has 0 unspecified atom stereocenters. The first-order valence-corrected chi connectivity index (χ1v) is 9.52. The highest BCUT2D eigenvalue weighted by Gasteiger charge is 2.18. The van der Waals surface area contributed by atoms with E-state index in [1.54, 1.807) is 18.2 Å². The minimum Gasteiger partial charge on any atom is -0.306 e. The maximum Gasteiger partial charge on any atom is 0.170 e. The number of hydrogen-bond acceptors (Lipinski definition) is 2. The van der Waals surface area contributed by atoms with Crippen LogP contribution in [0.5, 0.6) is 0 Å². The molecular weight excluding hydrogens is 353 g/mol. The van der Waals surface area contributed by atoms with Gasteiger partial charge in [-0.3, -0.25) is 4.79 Å². The van der Waals surface area contributed by atoms with Gasteiger partial charge in [-0.05, 0) is 68.6 Å². The van der Waals surface area contributed by atoms with E-state index in [-0.39, 0.29) is 5.78 Å². The van der Waals surface area contributed by atoms with Gasteiger partial charge in [0.05, 0.1) is 15.6 Å². The Morgan fingerprint density at radius 3 is 2.32 bits per heavy atom. The number of benzene rings is 2. The summed E-state index contributed by atoms with van der Waals surface area (Å²) >= 11 is 12.3. The van der Waals surface area contributed by atoms with Gasteiger partial charge in [0, 0.05) is 6.42 Å². The Kier molecular flexibility index (Phi) is 6.16. The molecule has 0 N–H and O–H groups in total. The number of nitrogens with zero attached hydrogens (tertiary/aromatic N) is 1. The monoisotopic (exact) mass is 375 g/mol. The van der Waals surface area contributed by atoms with E-state index in [4.69, 9.17) is 23.2 Å². The van der Waals surface area contributed by atoms with Crippen LogP contribution in [0.4, 0.5) is 0 Å². The largest absolute Gasteiger partial charge is 0.306 e. The van der Waals surface area contributed by atoms with Crippen LogP contribution in [0.15, 0.2) is 42.5 Å². The van der Waals surface area contributed by atoms with Gasteiger partial charge in [-0.25, -0.2) is 0 Å². The van der Waals surface area contributed by atoms with Crippen molar-refractivity contribution in [3.05, 3.63) is 69.2 Å². The summed E-state index contributed by atoms with van der Waals surface area (Å²) in [6.07, 6.45) is 3.90.